The molecule has 0 unspecified atom stereocenters. The third-order valence-corrected chi connectivity index (χ3v) is 3.19. The van der Waals surface area contributed by atoms with Gasteiger partial charge in [-0.3, -0.25) is 9.98 Å². The lowest BCUT2D eigenvalue weighted by molar-refractivity contribution is 0.653. The summed E-state index contributed by atoms with van der Waals surface area (Å²) < 4.78 is 1.91. The summed E-state index contributed by atoms with van der Waals surface area (Å²) in [4.78, 5) is 12.8. The van der Waals surface area contributed by atoms with Crippen LogP contribution >= 0.6 is 0 Å². The van der Waals surface area contributed by atoms with Crippen molar-refractivity contribution < 1.29 is 0 Å². The number of hydrogen-bond donors (Lipinski definition) is 2. The number of amidine groups is 1. The summed E-state index contributed by atoms with van der Waals surface area (Å²) in [6.07, 6.45) is 9.26. The Morgan fingerprint density at radius 2 is 1.94 bits per heavy atom. The number of imidazole rings is 1. The quantitative estimate of drug-likeness (QED) is 0.602. The van der Waals surface area contributed by atoms with Crippen molar-refractivity contribution in [2.24, 2.45) is 5.73 Å². The van der Waals surface area contributed by atoms with Crippen LogP contribution in [0.5, 0.6) is 0 Å². The van der Waals surface area contributed by atoms with E-state index >= 15 is 0 Å². The average Bonchev–Trinajstić information content (AvgIpc) is 2.82. The summed E-state index contributed by atoms with van der Waals surface area (Å²) in [5.74, 6) is 0.525. The lowest BCUT2D eigenvalue weighted by Crippen LogP contribution is -2.19. The van der Waals surface area contributed by atoms with Crippen LogP contribution in [0, 0.1) is 5.41 Å². The number of nitrogens with zero attached hydrogens (tertiary/aromatic N) is 4. The molecule has 6 nitrogen and oxygen atoms in total. The Labute approximate surface area is 104 Å². The molecule has 0 radical (unpaired) electrons. The van der Waals surface area contributed by atoms with Gasteiger partial charge in [0.15, 0.2) is 5.82 Å². The minimum atomic E-state index is -0.0728. The Morgan fingerprint density at radius 1 is 1.17 bits per heavy atom. The fourth-order valence-corrected chi connectivity index (χ4v) is 2.35. The van der Waals surface area contributed by atoms with Gasteiger partial charge in [-0.15, -0.1) is 0 Å². The molecule has 92 valence electrons. The average molecular weight is 242 g/mol. The predicted octanol–water partition coefficient (Wildman–Crippen LogP) is 0.825. The molecule has 2 heterocycles. The van der Waals surface area contributed by atoms with Gasteiger partial charge in [-0.2, -0.15) is 0 Å². The number of fused-ring (bicyclic) bond motifs is 1. The van der Waals surface area contributed by atoms with E-state index in [1.165, 1.54) is 12.1 Å². The van der Waals surface area contributed by atoms with E-state index in [1.54, 1.807) is 18.7 Å². The van der Waals surface area contributed by atoms with Gasteiger partial charge in [0, 0.05) is 18.1 Å². The van der Waals surface area contributed by atoms with Crippen LogP contribution in [0.25, 0.3) is 5.82 Å². The van der Waals surface area contributed by atoms with Crippen LogP contribution in [0.4, 0.5) is 0 Å². The smallest absolute Gasteiger partial charge is 0.168 e. The summed E-state index contributed by atoms with van der Waals surface area (Å²) in [7, 11) is 0. The first-order valence-corrected chi connectivity index (χ1v) is 5.98. The number of aryl methyl sites for hydroxylation is 1. The maximum atomic E-state index is 7.56. The number of nitrogens with two attached hydrogens (primary N) is 1. The lowest BCUT2D eigenvalue weighted by atomic mass is 10.0. The summed E-state index contributed by atoms with van der Waals surface area (Å²) in [6, 6.07) is 0. The Morgan fingerprint density at radius 3 is 2.78 bits per heavy atom. The molecular formula is C12H14N6. The first-order chi connectivity index (χ1) is 8.77. The first kappa shape index (κ1) is 10.9. The monoisotopic (exact) mass is 242 g/mol. The highest BCUT2D eigenvalue weighted by atomic mass is 15.1. The van der Waals surface area contributed by atoms with Crippen molar-refractivity contribution in [2.45, 2.75) is 25.7 Å². The molecule has 3 N–H and O–H groups in total. The molecule has 1 aliphatic carbocycles. The van der Waals surface area contributed by atoms with E-state index in [1.807, 2.05) is 4.57 Å². The van der Waals surface area contributed by atoms with Crippen LogP contribution in [0.15, 0.2) is 18.7 Å². The van der Waals surface area contributed by atoms with Crippen LogP contribution in [-0.2, 0) is 12.8 Å². The number of nitrogens with one attached hydrogen (secondary N) is 1. The Hall–Kier alpha value is -2.24. The molecule has 0 aromatic carbocycles. The maximum absolute atomic E-state index is 7.56. The van der Waals surface area contributed by atoms with Gasteiger partial charge in [-0.05, 0) is 25.7 Å². The molecule has 0 spiro atoms. The third kappa shape index (κ3) is 1.66. The van der Waals surface area contributed by atoms with Crippen molar-refractivity contribution in [2.75, 3.05) is 0 Å². The van der Waals surface area contributed by atoms with Crippen LogP contribution in [0.3, 0.4) is 0 Å². The van der Waals surface area contributed by atoms with Crippen molar-refractivity contribution >= 4 is 5.84 Å². The Kier molecular flexibility index (Phi) is 2.55. The van der Waals surface area contributed by atoms with Gasteiger partial charge in [-0.25, -0.2) is 15.0 Å². The number of nitrogen functional groups attached to an aromatic ring is 1. The summed E-state index contributed by atoms with van der Waals surface area (Å²) in [6.45, 7) is 0. The van der Waals surface area contributed by atoms with Crippen molar-refractivity contribution in [1.29, 1.82) is 5.41 Å². The van der Waals surface area contributed by atoms with Crippen molar-refractivity contribution in [3.05, 3.63) is 35.8 Å². The van der Waals surface area contributed by atoms with E-state index in [0.717, 1.165) is 25.0 Å². The fraction of sp³-hybridized carbons (Fsp3) is 0.333. The highest BCUT2D eigenvalue weighted by molar-refractivity contribution is 5.95. The zero-order valence-electron chi connectivity index (χ0n) is 9.93. The lowest BCUT2D eigenvalue weighted by Gasteiger charge is -2.14. The molecule has 0 amide bonds. The topological polar surface area (TPSA) is 93.5 Å². The van der Waals surface area contributed by atoms with E-state index in [-0.39, 0.29) is 5.84 Å². The molecule has 3 rings (SSSR count). The predicted molar refractivity (Wildman–Crippen MR) is 66.8 cm³/mol. The molecule has 0 fully saturated rings. The molecule has 18 heavy (non-hydrogen) atoms. The Balaban J connectivity index is 2.15. The van der Waals surface area contributed by atoms with E-state index in [0.29, 0.717) is 11.5 Å². The van der Waals surface area contributed by atoms with Crippen LogP contribution in [-0.4, -0.2) is 25.4 Å². The molecule has 2 aromatic rings. The second kappa shape index (κ2) is 4.21. The fourth-order valence-electron chi connectivity index (χ4n) is 2.35. The minimum Gasteiger partial charge on any atom is -0.382 e. The SMILES string of the molecule is N=C(N)c1nccnc1-n1cnc2c1CCCC2. The zero-order valence-corrected chi connectivity index (χ0v) is 9.93. The van der Waals surface area contributed by atoms with Gasteiger partial charge in [0.1, 0.15) is 17.9 Å². The third-order valence-electron chi connectivity index (χ3n) is 3.19. The molecule has 0 bridgehead atoms. The van der Waals surface area contributed by atoms with Crippen LogP contribution in [0.2, 0.25) is 0 Å². The van der Waals surface area contributed by atoms with E-state index in [4.69, 9.17) is 11.1 Å². The van der Waals surface area contributed by atoms with Crippen molar-refractivity contribution in [3.63, 3.8) is 0 Å². The number of rotatable bonds is 2. The van der Waals surface area contributed by atoms with Crippen LogP contribution in [0.1, 0.15) is 29.9 Å². The highest BCUT2D eigenvalue weighted by Gasteiger charge is 2.19. The summed E-state index contributed by atoms with van der Waals surface area (Å²) in [5.41, 5.74) is 8.25. The van der Waals surface area contributed by atoms with E-state index in [2.05, 4.69) is 15.0 Å². The molecule has 1 aliphatic rings. The summed E-state index contributed by atoms with van der Waals surface area (Å²) >= 11 is 0. The second-order valence-corrected chi connectivity index (χ2v) is 4.36. The van der Waals surface area contributed by atoms with Gasteiger partial charge in [-0.1, -0.05) is 0 Å². The van der Waals surface area contributed by atoms with Gasteiger partial charge in [0.05, 0.1) is 5.69 Å². The normalized spacial score (nSPS) is 14.2. The highest BCUT2D eigenvalue weighted by Crippen LogP contribution is 2.22. The first-order valence-electron chi connectivity index (χ1n) is 5.98. The molecule has 0 saturated carbocycles. The van der Waals surface area contributed by atoms with Gasteiger partial charge < -0.3 is 5.73 Å². The largest absolute Gasteiger partial charge is 0.382 e. The molecule has 2 aromatic heterocycles. The molecule has 0 saturated heterocycles. The van der Waals surface area contributed by atoms with Gasteiger partial charge in [0.2, 0.25) is 0 Å². The number of hydrogen-bond acceptors (Lipinski definition) is 4. The van der Waals surface area contributed by atoms with Gasteiger partial charge in [0.25, 0.3) is 0 Å². The molecule has 0 aliphatic heterocycles. The van der Waals surface area contributed by atoms with Crippen molar-refractivity contribution in [3.8, 4) is 5.82 Å². The maximum Gasteiger partial charge on any atom is 0.168 e. The zero-order chi connectivity index (χ0) is 12.5. The molecular weight excluding hydrogens is 228 g/mol. The molecule has 0 atom stereocenters. The number of aromatic nitrogens is 4. The second-order valence-electron chi connectivity index (χ2n) is 4.36. The summed E-state index contributed by atoms with van der Waals surface area (Å²) in [5, 5.41) is 7.56. The standard InChI is InChI=1S/C12H14N6/c13-11(14)10-12(16-6-5-15-10)18-7-17-8-3-1-2-4-9(8)18/h5-7H,1-4H2,(H3,13,14). The van der Waals surface area contributed by atoms with E-state index in [9.17, 15) is 0 Å². The van der Waals surface area contributed by atoms with E-state index < -0.39 is 0 Å². The minimum absolute atomic E-state index is 0.0728. The molecule has 6 heteroatoms. The van der Waals surface area contributed by atoms with Crippen molar-refractivity contribution in [1.82, 2.24) is 19.5 Å². The van der Waals surface area contributed by atoms with Crippen LogP contribution < -0.4 is 5.73 Å². The van der Waals surface area contributed by atoms with Gasteiger partial charge >= 0.3 is 0 Å². The Bertz CT molecular complexity index is 600.